The molecule has 0 radical (unpaired) electrons. The number of nitrogens with zero attached hydrogens (tertiary/aromatic N) is 1. The lowest BCUT2D eigenvalue weighted by atomic mass is 9.97. The Bertz CT molecular complexity index is 331. The second kappa shape index (κ2) is 8.25. The Morgan fingerprint density at radius 1 is 1.30 bits per heavy atom. The zero-order valence-electron chi connectivity index (χ0n) is 13.1. The topological polar surface area (TPSA) is 58.6 Å². The Labute approximate surface area is 122 Å². The minimum absolute atomic E-state index is 0.00973. The van der Waals surface area contributed by atoms with Gasteiger partial charge in [-0.15, -0.1) is 0 Å². The molecular weight excluding hydrogens is 256 g/mol. The first kappa shape index (κ1) is 17.0. The normalized spacial score (nSPS) is 23.4. The molecule has 1 saturated heterocycles. The van der Waals surface area contributed by atoms with Crippen molar-refractivity contribution < 1.29 is 14.3 Å². The molecule has 1 fully saturated rings. The maximum Gasteiger partial charge on any atom is 0.245 e. The Hall–Kier alpha value is -1.10. The third-order valence-corrected chi connectivity index (χ3v) is 3.67. The van der Waals surface area contributed by atoms with E-state index in [0.29, 0.717) is 31.9 Å². The van der Waals surface area contributed by atoms with Gasteiger partial charge in [0, 0.05) is 20.3 Å². The lowest BCUT2D eigenvalue weighted by Crippen LogP contribution is -2.63. The van der Waals surface area contributed by atoms with E-state index in [1.807, 2.05) is 6.92 Å². The lowest BCUT2D eigenvalue weighted by molar-refractivity contribution is -0.150. The molecule has 1 heterocycles. The van der Waals surface area contributed by atoms with Crippen molar-refractivity contribution in [1.29, 1.82) is 0 Å². The molecule has 1 rings (SSSR count). The van der Waals surface area contributed by atoms with Gasteiger partial charge in [-0.2, -0.15) is 0 Å². The summed E-state index contributed by atoms with van der Waals surface area (Å²) >= 11 is 0. The minimum Gasteiger partial charge on any atom is -0.385 e. The molecule has 5 nitrogen and oxygen atoms in total. The highest BCUT2D eigenvalue weighted by atomic mass is 16.5. The number of carbonyl (C=O) groups is 2. The van der Waals surface area contributed by atoms with Crippen LogP contribution in [0.5, 0.6) is 0 Å². The maximum absolute atomic E-state index is 12.5. The summed E-state index contributed by atoms with van der Waals surface area (Å²) in [5.74, 6) is 0.449. The average molecular weight is 284 g/mol. The highest BCUT2D eigenvalue weighted by molar-refractivity contribution is 5.96. The number of hydrogen-bond donors (Lipinski definition) is 1. The maximum atomic E-state index is 12.5. The Morgan fingerprint density at radius 3 is 2.55 bits per heavy atom. The number of ether oxygens (including phenoxy) is 1. The van der Waals surface area contributed by atoms with E-state index in [0.717, 1.165) is 12.8 Å². The van der Waals surface area contributed by atoms with Gasteiger partial charge >= 0.3 is 0 Å². The highest BCUT2D eigenvalue weighted by Crippen LogP contribution is 2.18. The predicted octanol–water partition coefficient (Wildman–Crippen LogP) is 1.56. The van der Waals surface area contributed by atoms with Crippen molar-refractivity contribution in [3.63, 3.8) is 0 Å². The minimum atomic E-state index is -0.354. The van der Waals surface area contributed by atoms with Crippen molar-refractivity contribution in [3.8, 4) is 0 Å². The number of rotatable bonds is 8. The van der Waals surface area contributed by atoms with E-state index >= 15 is 0 Å². The van der Waals surface area contributed by atoms with E-state index in [9.17, 15) is 9.59 Å². The molecule has 0 aliphatic carbocycles. The Morgan fingerprint density at radius 2 is 2.00 bits per heavy atom. The summed E-state index contributed by atoms with van der Waals surface area (Å²) < 4.78 is 5.02. The molecule has 1 aliphatic heterocycles. The standard InChI is InChI=1S/C15H28N2O3/c1-5-13-14(18)16-12(10-11(2)3)15(19)17(13)8-6-7-9-20-4/h11-13H,5-10H2,1-4H3,(H,16,18). The number of carbonyl (C=O) groups excluding carboxylic acids is 2. The van der Waals surface area contributed by atoms with Crippen LogP contribution in [0.2, 0.25) is 0 Å². The summed E-state index contributed by atoms with van der Waals surface area (Å²) in [7, 11) is 1.67. The molecule has 116 valence electrons. The van der Waals surface area contributed by atoms with Crippen LogP contribution in [-0.4, -0.2) is 49.1 Å². The smallest absolute Gasteiger partial charge is 0.245 e. The lowest BCUT2D eigenvalue weighted by Gasteiger charge is -2.39. The van der Waals surface area contributed by atoms with Crippen LogP contribution in [0.4, 0.5) is 0 Å². The first-order valence-electron chi connectivity index (χ1n) is 7.61. The van der Waals surface area contributed by atoms with Gasteiger partial charge in [-0.05, 0) is 31.6 Å². The molecular formula is C15H28N2O3. The van der Waals surface area contributed by atoms with E-state index in [2.05, 4.69) is 19.2 Å². The molecule has 2 unspecified atom stereocenters. The number of hydrogen-bond acceptors (Lipinski definition) is 3. The molecule has 0 bridgehead atoms. The number of amides is 2. The number of unbranched alkanes of at least 4 members (excludes halogenated alkanes) is 1. The van der Waals surface area contributed by atoms with E-state index in [1.165, 1.54) is 0 Å². The van der Waals surface area contributed by atoms with Crippen LogP contribution in [-0.2, 0) is 14.3 Å². The molecule has 5 heteroatoms. The third kappa shape index (κ3) is 4.47. The summed E-state index contributed by atoms with van der Waals surface area (Å²) in [6.45, 7) is 7.41. The molecule has 1 N–H and O–H groups in total. The Kier molecular flexibility index (Phi) is 6.99. The summed E-state index contributed by atoms with van der Waals surface area (Å²) in [5.41, 5.74) is 0. The summed E-state index contributed by atoms with van der Waals surface area (Å²) in [4.78, 5) is 26.4. The molecule has 1 aliphatic rings. The number of methoxy groups -OCH3 is 1. The fourth-order valence-corrected chi connectivity index (χ4v) is 2.66. The van der Waals surface area contributed by atoms with Crippen LogP contribution in [0.3, 0.4) is 0 Å². The average Bonchev–Trinajstić information content (AvgIpc) is 2.39. The zero-order chi connectivity index (χ0) is 15.1. The monoisotopic (exact) mass is 284 g/mol. The van der Waals surface area contributed by atoms with Gasteiger partial charge in [0.2, 0.25) is 11.8 Å². The van der Waals surface area contributed by atoms with E-state index in [-0.39, 0.29) is 23.9 Å². The number of piperazine rings is 1. The second-order valence-corrected chi connectivity index (χ2v) is 5.85. The summed E-state index contributed by atoms with van der Waals surface area (Å²) in [6, 6.07) is -0.666. The van der Waals surface area contributed by atoms with E-state index < -0.39 is 0 Å². The van der Waals surface area contributed by atoms with Crippen LogP contribution in [0.25, 0.3) is 0 Å². The van der Waals surface area contributed by atoms with Crippen LogP contribution in [0, 0.1) is 5.92 Å². The van der Waals surface area contributed by atoms with Crippen molar-refractivity contribution >= 4 is 11.8 Å². The first-order valence-corrected chi connectivity index (χ1v) is 7.61. The zero-order valence-corrected chi connectivity index (χ0v) is 13.1. The van der Waals surface area contributed by atoms with Gasteiger partial charge in [0.1, 0.15) is 12.1 Å². The van der Waals surface area contributed by atoms with Crippen molar-refractivity contribution in [2.45, 2.75) is 58.5 Å². The van der Waals surface area contributed by atoms with Gasteiger partial charge in [0.15, 0.2) is 0 Å². The molecule has 2 atom stereocenters. The molecule has 0 saturated carbocycles. The SMILES string of the molecule is CCC1C(=O)NC(CC(C)C)C(=O)N1CCCCOC. The third-order valence-electron chi connectivity index (χ3n) is 3.67. The number of nitrogens with one attached hydrogen (secondary N) is 1. The van der Waals surface area contributed by atoms with Gasteiger partial charge in [-0.1, -0.05) is 20.8 Å². The molecule has 20 heavy (non-hydrogen) atoms. The highest BCUT2D eigenvalue weighted by Gasteiger charge is 2.39. The summed E-state index contributed by atoms with van der Waals surface area (Å²) in [5, 5.41) is 2.88. The molecule has 2 amide bonds. The molecule has 0 aromatic rings. The van der Waals surface area contributed by atoms with Crippen molar-refractivity contribution in [3.05, 3.63) is 0 Å². The van der Waals surface area contributed by atoms with Gasteiger partial charge in [-0.3, -0.25) is 9.59 Å². The first-order chi connectivity index (χ1) is 9.51. The molecule has 0 spiro atoms. The predicted molar refractivity (Wildman–Crippen MR) is 78.3 cm³/mol. The van der Waals surface area contributed by atoms with E-state index in [1.54, 1.807) is 12.0 Å². The van der Waals surface area contributed by atoms with Gasteiger partial charge < -0.3 is 15.0 Å². The van der Waals surface area contributed by atoms with Crippen LogP contribution in [0.1, 0.15) is 46.5 Å². The summed E-state index contributed by atoms with van der Waals surface area (Å²) in [6.07, 6.45) is 3.15. The van der Waals surface area contributed by atoms with Crippen molar-refractivity contribution in [2.75, 3.05) is 20.3 Å². The van der Waals surface area contributed by atoms with Crippen LogP contribution < -0.4 is 5.32 Å². The van der Waals surface area contributed by atoms with Crippen molar-refractivity contribution in [1.82, 2.24) is 10.2 Å². The fourth-order valence-electron chi connectivity index (χ4n) is 2.66. The largest absolute Gasteiger partial charge is 0.385 e. The quantitative estimate of drug-likeness (QED) is 0.688. The second-order valence-electron chi connectivity index (χ2n) is 5.85. The Balaban J connectivity index is 2.67. The van der Waals surface area contributed by atoms with Gasteiger partial charge in [0.25, 0.3) is 0 Å². The van der Waals surface area contributed by atoms with Crippen LogP contribution in [0.15, 0.2) is 0 Å². The van der Waals surface area contributed by atoms with Crippen LogP contribution >= 0.6 is 0 Å². The molecule has 0 aromatic heterocycles. The van der Waals surface area contributed by atoms with Gasteiger partial charge in [0.05, 0.1) is 0 Å². The van der Waals surface area contributed by atoms with Crippen molar-refractivity contribution in [2.24, 2.45) is 5.92 Å². The van der Waals surface area contributed by atoms with E-state index in [4.69, 9.17) is 4.74 Å². The van der Waals surface area contributed by atoms with Gasteiger partial charge in [-0.25, -0.2) is 0 Å². The fraction of sp³-hybridized carbons (Fsp3) is 0.867. The molecule has 0 aromatic carbocycles.